The number of aryl methyl sites for hydroxylation is 1. The van der Waals surface area contributed by atoms with E-state index in [-0.39, 0.29) is 24.7 Å². The number of nitrogens with zero attached hydrogens (tertiary/aromatic N) is 2. The molecule has 0 aliphatic carbocycles. The second-order valence-electron chi connectivity index (χ2n) is 6.91. The standard InChI is InChI=1S/C22H24FN3O3/c23-18-8-4-5-9-19(18)25-12-14-26(15-13-25)21(28)16-24-22(29)20(27)11-10-17-6-2-1-3-7-17/h1-9H,10-16H2,(H,24,29). The van der Waals surface area contributed by atoms with Crippen molar-refractivity contribution in [1.82, 2.24) is 10.2 Å². The van der Waals surface area contributed by atoms with Gasteiger partial charge in [-0.3, -0.25) is 14.4 Å². The molecule has 0 bridgehead atoms. The molecule has 0 unspecified atom stereocenters. The van der Waals surface area contributed by atoms with Crippen molar-refractivity contribution in [3.8, 4) is 0 Å². The van der Waals surface area contributed by atoms with Crippen LogP contribution in [0.4, 0.5) is 10.1 Å². The Hall–Kier alpha value is -3.22. The van der Waals surface area contributed by atoms with E-state index >= 15 is 0 Å². The number of ketones is 1. The molecule has 152 valence electrons. The predicted octanol–water partition coefficient (Wildman–Crippen LogP) is 1.79. The maximum atomic E-state index is 13.9. The summed E-state index contributed by atoms with van der Waals surface area (Å²) in [4.78, 5) is 39.7. The quantitative estimate of drug-likeness (QED) is 0.724. The Morgan fingerprint density at radius 3 is 2.24 bits per heavy atom. The average molecular weight is 397 g/mol. The van der Waals surface area contributed by atoms with E-state index in [1.165, 1.54) is 6.07 Å². The summed E-state index contributed by atoms with van der Waals surface area (Å²) in [6.45, 7) is 1.68. The highest BCUT2D eigenvalue weighted by molar-refractivity contribution is 6.36. The molecule has 6 nitrogen and oxygen atoms in total. The van der Waals surface area contributed by atoms with Crippen LogP contribution in [0.1, 0.15) is 12.0 Å². The Morgan fingerprint density at radius 2 is 1.55 bits per heavy atom. The normalized spacial score (nSPS) is 13.8. The zero-order chi connectivity index (χ0) is 20.6. The maximum absolute atomic E-state index is 13.9. The third kappa shape index (κ3) is 5.63. The fourth-order valence-corrected chi connectivity index (χ4v) is 3.29. The lowest BCUT2D eigenvalue weighted by Gasteiger charge is -2.36. The van der Waals surface area contributed by atoms with E-state index in [1.807, 2.05) is 35.2 Å². The molecule has 1 saturated heterocycles. The molecule has 3 rings (SSSR count). The van der Waals surface area contributed by atoms with Gasteiger partial charge in [0.15, 0.2) is 0 Å². The predicted molar refractivity (Wildman–Crippen MR) is 108 cm³/mol. The van der Waals surface area contributed by atoms with Crippen LogP contribution in [-0.2, 0) is 20.8 Å². The third-order valence-corrected chi connectivity index (χ3v) is 4.96. The van der Waals surface area contributed by atoms with Crippen LogP contribution >= 0.6 is 0 Å². The Morgan fingerprint density at radius 1 is 0.897 bits per heavy atom. The van der Waals surface area contributed by atoms with E-state index in [0.717, 1.165) is 5.56 Å². The number of benzene rings is 2. The first-order valence-electron chi connectivity index (χ1n) is 9.67. The number of Topliss-reactive ketones (excluding diaryl/α,β-unsaturated/α-hetero) is 1. The van der Waals surface area contributed by atoms with E-state index < -0.39 is 11.7 Å². The van der Waals surface area contributed by atoms with Crippen molar-refractivity contribution >= 4 is 23.3 Å². The van der Waals surface area contributed by atoms with Gasteiger partial charge in [0.2, 0.25) is 11.7 Å². The molecule has 29 heavy (non-hydrogen) atoms. The van der Waals surface area contributed by atoms with E-state index in [1.54, 1.807) is 23.1 Å². The molecule has 2 aromatic carbocycles. The molecule has 1 aliphatic rings. The molecule has 0 aromatic heterocycles. The van der Waals surface area contributed by atoms with Crippen molar-refractivity contribution in [3.05, 3.63) is 66.0 Å². The SMILES string of the molecule is O=C(CCc1ccccc1)C(=O)NCC(=O)N1CCN(c2ccccc2F)CC1. The van der Waals surface area contributed by atoms with E-state index in [0.29, 0.717) is 38.3 Å². The van der Waals surface area contributed by atoms with Crippen LogP contribution < -0.4 is 10.2 Å². The van der Waals surface area contributed by atoms with Crippen molar-refractivity contribution in [2.24, 2.45) is 0 Å². The number of halogens is 1. The number of hydrogen-bond donors (Lipinski definition) is 1. The fourth-order valence-electron chi connectivity index (χ4n) is 3.29. The number of amides is 2. The molecule has 1 N–H and O–H groups in total. The van der Waals surface area contributed by atoms with Crippen molar-refractivity contribution in [2.45, 2.75) is 12.8 Å². The van der Waals surface area contributed by atoms with Crippen molar-refractivity contribution in [1.29, 1.82) is 0 Å². The van der Waals surface area contributed by atoms with Crippen LogP contribution in [0, 0.1) is 5.82 Å². The average Bonchev–Trinajstić information content (AvgIpc) is 2.76. The topological polar surface area (TPSA) is 69.7 Å². The molecule has 0 saturated carbocycles. The molecular weight excluding hydrogens is 373 g/mol. The van der Waals surface area contributed by atoms with Gasteiger partial charge in [0.1, 0.15) is 5.82 Å². The summed E-state index contributed by atoms with van der Waals surface area (Å²) in [5.41, 5.74) is 1.51. The minimum atomic E-state index is -0.737. The fraction of sp³-hybridized carbons (Fsp3) is 0.318. The van der Waals surface area contributed by atoms with Crippen molar-refractivity contribution < 1.29 is 18.8 Å². The largest absolute Gasteiger partial charge is 0.366 e. The summed E-state index contributed by atoms with van der Waals surface area (Å²) in [5, 5.41) is 2.41. The van der Waals surface area contributed by atoms with E-state index in [4.69, 9.17) is 0 Å². The number of carbonyl (C=O) groups is 3. The monoisotopic (exact) mass is 397 g/mol. The number of piperazine rings is 1. The molecule has 0 spiro atoms. The number of rotatable bonds is 7. The molecule has 0 radical (unpaired) electrons. The molecular formula is C22H24FN3O3. The molecule has 1 aliphatic heterocycles. The van der Waals surface area contributed by atoms with Crippen LogP contribution in [0.2, 0.25) is 0 Å². The van der Waals surface area contributed by atoms with Crippen LogP contribution in [0.15, 0.2) is 54.6 Å². The van der Waals surface area contributed by atoms with Crippen LogP contribution in [0.5, 0.6) is 0 Å². The smallest absolute Gasteiger partial charge is 0.287 e. The Kier molecular flexibility index (Phi) is 6.94. The second-order valence-corrected chi connectivity index (χ2v) is 6.91. The molecule has 1 fully saturated rings. The van der Waals surface area contributed by atoms with Gasteiger partial charge >= 0.3 is 0 Å². The lowest BCUT2D eigenvalue weighted by molar-refractivity contribution is -0.139. The maximum Gasteiger partial charge on any atom is 0.287 e. The number of para-hydroxylation sites is 1. The summed E-state index contributed by atoms with van der Waals surface area (Å²) in [7, 11) is 0. The van der Waals surface area contributed by atoms with Crippen LogP contribution in [0.3, 0.4) is 0 Å². The Bertz CT molecular complexity index is 865. The van der Waals surface area contributed by atoms with Crippen molar-refractivity contribution in [2.75, 3.05) is 37.6 Å². The number of anilines is 1. The van der Waals surface area contributed by atoms with E-state index in [2.05, 4.69) is 5.32 Å². The number of carbonyl (C=O) groups excluding carboxylic acids is 3. The first-order valence-corrected chi connectivity index (χ1v) is 9.67. The van der Waals surface area contributed by atoms with Crippen LogP contribution in [0.25, 0.3) is 0 Å². The summed E-state index contributed by atoms with van der Waals surface area (Å²) in [6.07, 6.45) is 0.588. The number of nitrogens with one attached hydrogen (secondary N) is 1. The molecule has 2 aromatic rings. The minimum absolute atomic E-state index is 0.103. The first-order chi connectivity index (χ1) is 14.0. The van der Waals surface area contributed by atoms with Gasteiger partial charge in [-0.2, -0.15) is 0 Å². The third-order valence-electron chi connectivity index (χ3n) is 4.96. The zero-order valence-electron chi connectivity index (χ0n) is 16.1. The summed E-state index contributed by atoms with van der Waals surface area (Å²) in [6, 6.07) is 16.0. The van der Waals surface area contributed by atoms with Gasteiger partial charge in [-0.25, -0.2) is 4.39 Å². The Labute approximate surface area is 169 Å². The van der Waals surface area contributed by atoms with Crippen molar-refractivity contribution in [3.63, 3.8) is 0 Å². The van der Waals surface area contributed by atoms with Gasteiger partial charge < -0.3 is 15.1 Å². The zero-order valence-corrected chi connectivity index (χ0v) is 16.1. The van der Waals surface area contributed by atoms with E-state index in [9.17, 15) is 18.8 Å². The summed E-state index contributed by atoms with van der Waals surface area (Å²) in [5.74, 6) is -1.80. The van der Waals surface area contributed by atoms with Gasteiger partial charge in [-0.1, -0.05) is 42.5 Å². The second kappa shape index (κ2) is 9.82. The highest BCUT2D eigenvalue weighted by Gasteiger charge is 2.23. The molecule has 0 atom stereocenters. The van der Waals surface area contributed by atoms with Gasteiger partial charge in [0.05, 0.1) is 12.2 Å². The minimum Gasteiger partial charge on any atom is -0.366 e. The lowest BCUT2D eigenvalue weighted by Crippen LogP contribution is -2.51. The van der Waals surface area contributed by atoms with Gasteiger partial charge in [0.25, 0.3) is 5.91 Å². The highest BCUT2D eigenvalue weighted by Crippen LogP contribution is 2.20. The Balaban J connectivity index is 1.40. The molecule has 2 amide bonds. The lowest BCUT2D eigenvalue weighted by atomic mass is 10.1. The highest BCUT2D eigenvalue weighted by atomic mass is 19.1. The summed E-state index contributed by atoms with van der Waals surface area (Å²) >= 11 is 0. The van der Waals surface area contributed by atoms with Gasteiger partial charge in [0, 0.05) is 32.6 Å². The molecule has 7 heteroatoms. The van der Waals surface area contributed by atoms with Crippen LogP contribution in [-0.4, -0.2) is 55.2 Å². The molecule has 1 heterocycles. The number of hydrogen-bond acceptors (Lipinski definition) is 4. The van der Waals surface area contributed by atoms with Gasteiger partial charge in [-0.15, -0.1) is 0 Å². The van der Waals surface area contributed by atoms with Gasteiger partial charge in [-0.05, 0) is 24.1 Å². The first kappa shape index (κ1) is 20.5. The summed E-state index contributed by atoms with van der Waals surface area (Å²) < 4.78 is 13.9.